The van der Waals surface area contributed by atoms with Crippen molar-refractivity contribution < 1.29 is 32.3 Å². The lowest BCUT2D eigenvalue weighted by Crippen LogP contribution is -2.28. The van der Waals surface area contributed by atoms with Crippen molar-refractivity contribution in [1.29, 1.82) is 0 Å². The van der Waals surface area contributed by atoms with Crippen molar-refractivity contribution in [3.8, 4) is 0 Å². The number of hydrogen-bond donors (Lipinski definition) is 1. The van der Waals surface area contributed by atoms with Gasteiger partial charge in [-0.3, -0.25) is 9.59 Å². The minimum atomic E-state index is -4.13. The van der Waals surface area contributed by atoms with Crippen LogP contribution < -0.4 is 10.1 Å². The Morgan fingerprint density at radius 1 is 1.02 bits per heavy atom. The fourth-order valence-corrected chi connectivity index (χ4v) is 7.99. The highest BCUT2D eigenvalue weighted by atomic mass is 32.2. The topological polar surface area (TPSA) is 133 Å². The van der Waals surface area contributed by atoms with Gasteiger partial charge in [-0.25, -0.2) is 13.2 Å². The molecule has 13 heteroatoms. The van der Waals surface area contributed by atoms with Crippen LogP contribution in [0.1, 0.15) is 53.9 Å². The van der Waals surface area contributed by atoms with Crippen LogP contribution in [0, 0.1) is 0 Å². The number of carbonyl (C=O) groups excluding carboxylic acids is 3. The second-order valence-corrected chi connectivity index (χ2v) is 13.5. The summed E-state index contributed by atoms with van der Waals surface area (Å²) in [6.45, 7) is 5.18. The van der Waals surface area contributed by atoms with E-state index in [0.29, 0.717) is 41.5 Å². The number of thiazole rings is 1. The minimum absolute atomic E-state index is 0.183. The standard InChI is InChI=1S/C27H33N3O7S3/c1-3-36-15-14-30-19-11-8-9-13-21(19)39-27(30)29-23(32)17-40(34,35)16-22(31)28-25-24(26(33)37-4-2)18-10-6-5-7-12-20(18)38-25/h8-9,11,13H,3-7,10,12,14-17H2,1-2H3,(H,28,31). The molecule has 0 fully saturated rings. The molecule has 40 heavy (non-hydrogen) atoms. The third-order valence-corrected chi connectivity index (χ3v) is 9.98. The van der Waals surface area contributed by atoms with E-state index in [1.807, 2.05) is 35.8 Å². The van der Waals surface area contributed by atoms with Crippen molar-refractivity contribution in [1.82, 2.24) is 4.57 Å². The molecule has 216 valence electrons. The molecule has 1 N–H and O–H groups in total. The van der Waals surface area contributed by atoms with E-state index in [-0.39, 0.29) is 6.61 Å². The molecule has 0 saturated carbocycles. The number of carbonyl (C=O) groups is 3. The number of sulfone groups is 1. The molecule has 4 rings (SSSR count). The highest BCUT2D eigenvalue weighted by Gasteiger charge is 2.28. The number of nitrogens with one attached hydrogen (secondary N) is 1. The maximum absolute atomic E-state index is 12.8. The summed E-state index contributed by atoms with van der Waals surface area (Å²) in [5.41, 5.74) is 2.05. The van der Waals surface area contributed by atoms with Gasteiger partial charge in [0.15, 0.2) is 14.6 Å². The molecule has 0 unspecified atom stereocenters. The molecule has 1 aromatic carbocycles. The lowest BCUT2D eigenvalue weighted by Gasteiger charge is -2.08. The second kappa shape index (κ2) is 13.7. The predicted molar refractivity (Wildman–Crippen MR) is 156 cm³/mol. The van der Waals surface area contributed by atoms with Gasteiger partial charge in [0.25, 0.3) is 5.91 Å². The summed E-state index contributed by atoms with van der Waals surface area (Å²) in [6, 6.07) is 7.55. The maximum Gasteiger partial charge on any atom is 0.341 e. The third kappa shape index (κ3) is 7.45. The van der Waals surface area contributed by atoms with Gasteiger partial charge >= 0.3 is 5.97 Å². The van der Waals surface area contributed by atoms with Crippen LogP contribution in [0.2, 0.25) is 0 Å². The van der Waals surface area contributed by atoms with Crippen LogP contribution in [0.4, 0.5) is 5.00 Å². The van der Waals surface area contributed by atoms with Gasteiger partial charge in [0, 0.05) is 18.0 Å². The average molecular weight is 608 g/mol. The number of ether oxygens (including phenoxy) is 2. The van der Waals surface area contributed by atoms with Crippen molar-refractivity contribution in [3.63, 3.8) is 0 Å². The predicted octanol–water partition coefficient (Wildman–Crippen LogP) is 3.73. The number of benzene rings is 1. The van der Waals surface area contributed by atoms with Crippen molar-refractivity contribution in [3.05, 3.63) is 45.1 Å². The maximum atomic E-state index is 12.8. The number of aryl methyl sites for hydroxylation is 1. The molecule has 3 aromatic rings. The van der Waals surface area contributed by atoms with Gasteiger partial charge in [0.05, 0.1) is 29.0 Å². The van der Waals surface area contributed by atoms with Crippen molar-refractivity contribution in [2.75, 3.05) is 36.6 Å². The highest BCUT2D eigenvalue weighted by Crippen LogP contribution is 2.38. The Labute approximate surface area is 240 Å². The monoisotopic (exact) mass is 607 g/mol. The normalized spacial score (nSPS) is 14.1. The first kappa shape index (κ1) is 30.1. The van der Waals surface area contributed by atoms with Crippen LogP contribution >= 0.6 is 22.7 Å². The van der Waals surface area contributed by atoms with E-state index in [1.165, 1.54) is 22.7 Å². The molecule has 0 radical (unpaired) electrons. The van der Waals surface area contributed by atoms with Crippen LogP contribution in [0.15, 0.2) is 29.3 Å². The Kier molecular flexibility index (Phi) is 10.3. The number of hydrogen-bond acceptors (Lipinski definition) is 9. The van der Waals surface area contributed by atoms with Crippen molar-refractivity contribution in [2.45, 2.75) is 52.5 Å². The van der Waals surface area contributed by atoms with Gasteiger partial charge < -0.3 is 19.4 Å². The summed E-state index contributed by atoms with van der Waals surface area (Å²) in [7, 11) is -4.13. The lowest BCUT2D eigenvalue weighted by atomic mass is 10.1. The Bertz CT molecular complexity index is 1570. The molecule has 0 spiro atoms. The van der Waals surface area contributed by atoms with Crippen LogP contribution in [-0.2, 0) is 48.3 Å². The van der Waals surface area contributed by atoms with Gasteiger partial charge in [-0.05, 0) is 57.2 Å². The smallest absolute Gasteiger partial charge is 0.341 e. The number of aromatic nitrogens is 1. The Hall–Kier alpha value is -2.87. The van der Waals surface area contributed by atoms with E-state index in [0.717, 1.165) is 46.3 Å². The quantitative estimate of drug-likeness (QED) is 0.200. The first-order valence-corrected chi connectivity index (χ1v) is 16.7. The Morgan fingerprint density at radius 3 is 2.58 bits per heavy atom. The van der Waals surface area contributed by atoms with Crippen LogP contribution in [0.3, 0.4) is 0 Å². The van der Waals surface area contributed by atoms with E-state index in [9.17, 15) is 22.8 Å². The van der Waals surface area contributed by atoms with Crippen molar-refractivity contribution in [2.24, 2.45) is 4.99 Å². The molecule has 2 aromatic heterocycles. The zero-order chi connectivity index (χ0) is 28.7. The summed E-state index contributed by atoms with van der Waals surface area (Å²) in [6.07, 6.45) is 4.45. The zero-order valence-corrected chi connectivity index (χ0v) is 25.0. The number of rotatable bonds is 11. The molecule has 0 aliphatic heterocycles. The van der Waals surface area contributed by atoms with Gasteiger partial charge in [0.1, 0.15) is 16.5 Å². The van der Waals surface area contributed by atoms with Gasteiger partial charge in [-0.15, -0.1) is 11.3 Å². The lowest BCUT2D eigenvalue weighted by molar-refractivity contribution is -0.115. The average Bonchev–Trinajstić information content (AvgIpc) is 3.30. The molecule has 1 aliphatic carbocycles. The van der Waals surface area contributed by atoms with Crippen LogP contribution in [-0.4, -0.2) is 62.1 Å². The fourth-order valence-electron chi connectivity index (χ4n) is 4.61. The summed E-state index contributed by atoms with van der Waals surface area (Å²) >= 11 is 2.56. The summed E-state index contributed by atoms with van der Waals surface area (Å²) in [5, 5.41) is 2.90. The number of anilines is 1. The van der Waals surface area contributed by atoms with E-state index in [2.05, 4.69) is 10.3 Å². The zero-order valence-electron chi connectivity index (χ0n) is 22.6. The largest absolute Gasteiger partial charge is 0.462 e. The molecular formula is C27H33N3O7S3. The molecule has 2 amide bonds. The van der Waals surface area contributed by atoms with E-state index < -0.39 is 39.1 Å². The number of esters is 1. The van der Waals surface area contributed by atoms with Gasteiger partial charge in [0.2, 0.25) is 5.91 Å². The number of para-hydroxylation sites is 1. The fraction of sp³-hybridized carbons (Fsp3) is 0.481. The summed E-state index contributed by atoms with van der Waals surface area (Å²) in [4.78, 5) is 43.7. The van der Waals surface area contributed by atoms with Crippen molar-refractivity contribution >= 4 is 65.5 Å². The summed E-state index contributed by atoms with van der Waals surface area (Å²) in [5.74, 6) is -4.03. The molecule has 0 saturated heterocycles. The van der Waals surface area contributed by atoms with Gasteiger partial charge in [-0.1, -0.05) is 29.9 Å². The van der Waals surface area contributed by atoms with E-state index >= 15 is 0 Å². The number of fused-ring (bicyclic) bond motifs is 2. The highest BCUT2D eigenvalue weighted by molar-refractivity contribution is 7.92. The molecule has 0 atom stereocenters. The van der Waals surface area contributed by atoms with Crippen LogP contribution in [0.25, 0.3) is 10.2 Å². The Morgan fingerprint density at radius 2 is 1.80 bits per heavy atom. The SMILES string of the molecule is CCOCCn1c(=NC(=O)CS(=O)(=O)CC(=O)Nc2sc3c(c2C(=O)OCC)CCCCC3)sc2ccccc21. The van der Waals surface area contributed by atoms with E-state index in [4.69, 9.17) is 9.47 Å². The first-order valence-electron chi connectivity index (χ1n) is 13.3. The number of thiophene rings is 1. The number of nitrogens with zero attached hydrogens (tertiary/aromatic N) is 2. The number of amides is 2. The summed E-state index contributed by atoms with van der Waals surface area (Å²) < 4.78 is 39.0. The minimum Gasteiger partial charge on any atom is -0.462 e. The molecular weight excluding hydrogens is 575 g/mol. The molecule has 2 heterocycles. The first-order chi connectivity index (χ1) is 19.2. The Balaban J connectivity index is 1.49. The third-order valence-electron chi connectivity index (χ3n) is 6.32. The van der Waals surface area contributed by atoms with E-state index in [1.54, 1.807) is 6.92 Å². The second-order valence-electron chi connectivity index (χ2n) is 9.28. The van der Waals surface area contributed by atoms with Gasteiger partial charge in [-0.2, -0.15) is 4.99 Å². The molecule has 1 aliphatic rings. The molecule has 10 nitrogen and oxygen atoms in total. The molecule has 0 bridgehead atoms. The van der Waals surface area contributed by atoms with Crippen LogP contribution in [0.5, 0.6) is 0 Å².